The van der Waals surface area contributed by atoms with E-state index < -0.39 is 0 Å². The molecule has 0 unspecified atom stereocenters. The van der Waals surface area contributed by atoms with Gasteiger partial charge in [0.2, 0.25) is 0 Å². The summed E-state index contributed by atoms with van der Waals surface area (Å²) in [6.07, 6.45) is 3.34. The van der Waals surface area contributed by atoms with Crippen LogP contribution < -0.4 is 4.74 Å². The zero-order valence-electron chi connectivity index (χ0n) is 8.49. The minimum Gasteiger partial charge on any atom is -0.496 e. The summed E-state index contributed by atoms with van der Waals surface area (Å²) in [6.45, 7) is 3.84. The van der Waals surface area contributed by atoms with Gasteiger partial charge in [-0.05, 0) is 30.0 Å². The molecule has 0 atom stereocenters. The lowest BCUT2D eigenvalue weighted by Gasteiger charge is -2.08. The topological polar surface area (TPSA) is 29.5 Å². The van der Waals surface area contributed by atoms with Crippen LogP contribution >= 0.6 is 0 Å². The molecule has 1 aromatic carbocycles. The molecule has 0 aliphatic carbocycles. The predicted octanol–water partition coefficient (Wildman–Crippen LogP) is 1.96. The minimum absolute atomic E-state index is 0.150. The van der Waals surface area contributed by atoms with E-state index in [0.29, 0.717) is 6.42 Å². The molecule has 2 heteroatoms. The van der Waals surface area contributed by atoms with Gasteiger partial charge in [0, 0.05) is 6.61 Å². The summed E-state index contributed by atoms with van der Waals surface area (Å²) in [5.74, 6) is 0.846. The lowest BCUT2D eigenvalue weighted by molar-refractivity contribution is 0.296. The number of methoxy groups -OCH3 is 1. The van der Waals surface area contributed by atoms with Crippen molar-refractivity contribution in [3.8, 4) is 5.75 Å². The Morgan fingerprint density at radius 1 is 1.50 bits per heavy atom. The highest BCUT2D eigenvalue weighted by Gasteiger charge is 2.02. The van der Waals surface area contributed by atoms with Crippen molar-refractivity contribution >= 4 is 0 Å². The van der Waals surface area contributed by atoms with Crippen LogP contribution in [0.25, 0.3) is 0 Å². The molecule has 14 heavy (non-hydrogen) atoms. The fraction of sp³-hybridized carbons (Fsp3) is 0.333. The first kappa shape index (κ1) is 10.8. The number of aliphatic hydroxyl groups excluding tert-OH is 1. The summed E-state index contributed by atoms with van der Waals surface area (Å²) in [4.78, 5) is 0. The number of ether oxygens (including phenoxy) is 1. The number of hydrogen-bond acceptors (Lipinski definition) is 2. The predicted molar refractivity (Wildman–Crippen MR) is 57.7 cm³/mol. The molecule has 0 bridgehead atoms. The van der Waals surface area contributed by atoms with Crippen LogP contribution in [0.2, 0.25) is 0 Å². The molecule has 2 nitrogen and oxygen atoms in total. The van der Waals surface area contributed by atoms with Crippen LogP contribution in [0.5, 0.6) is 5.75 Å². The van der Waals surface area contributed by atoms with Crippen molar-refractivity contribution in [2.45, 2.75) is 12.8 Å². The first-order chi connectivity index (χ1) is 6.81. The summed E-state index contributed by atoms with van der Waals surface area (Å²) in [7, 11) is 1.65. The van der Waals surface area contributed by atoms with Gasteiger partial charge in [-0.1, -0.05) is 18.2 Å². The molecular weight excluding hydrogens is 176 g/mol. The molecular formula is C12H16O2. The minimum atomic E-state index is 0.150. The Labute approximate surface area is 84.8 Å². The van der Waals surface area contributed by atoms with E-state index in [4.69, 9.17) is 9.84 Å². The zero-order valence-corrected chi connectivity index (χ0v) is 8.49. The van der Waals surface area contributed by atoms with Gasteiger partial charge in [-0.2, -0.15) is 0 Å². The number of benzene rings is 1. The third-order valence-electron chi connectivity index (χ3n) is 2.11. The monoisotopic (exact) mass is 192 g/mol. The molecule has 1 N–H and O–H groups in total. The first-order valence-corrected chi connectivity index (χ1v) is 4.69. The number of hydrogen-bond donors (Lipinski definition) is 1. The highest BCUT2D eigenvalue weighted by molar-refractivity contribution is 5.38. The lowest BCUT2D eigenvalue weighted by atomic mass is 10.1. The summed E-state index contributed by atoms with van der Waals surface area (Å²) < 4.78 is 5.24. The highest BCUT2D eigenvalue weighted by Crippen LogP contribution is 2.20. The summed E-state index contributed by atoms with van der Waals surface area (Å²) in [6, 6.07) is 6.02. The van der Waals surface area contributed by atoms with E-state index in [1.165, 1.54) is 5.56 Å². The summed E-state index contributed by atoms with van der Waals surface area (Å²) >= 11 is 0. The van der Waals surface area contributed by atoms with E-state index in [0.717, 1.165) is 17.7 Å². The Bertz CT molecular complexity index is 305. The van der Waals surface area contributed by atoms with Crippen LogP contribution in [-0.2, 0) is 12.8 Å². The Balaban J connectivity index is 2.92. The van der Waals surface area contributed by atoms with Crippen LogP contribution in [-0.4, -0.2) is 18.8 Å². The molecule has 0 amide bonds. The fourth-order valence-corrected chi connectivity index (χ4v) is 1.41. The third kappa shape index (κ3) is 2.60. The normalized spacial score (nSPS) is 9.86. The second-order valence-corrected chi connectivity index (χ2v) is 3.11. The van der Waals surface area contributed by atoms with Gasteiger partial charge in [0.25, 0.3) is 0 Å². The number of allylic oxidation sites excluding steroid dienone is 1. The quantitative estimate of drug-likeness (QED) is 0.723. The van der Waals surface area contributed by atoms with Crippen LogP contribution in [0.3, 0.4) is 0 Å². The second-order valence-electron chi connectivity index (χ2n) is 3.11. The molecule has 0 saturated carbocycles. The average Bonchev–Trinajstić information content (AvgIpc) is 2.21. The number of rotatable bonds is 5. The Morgan fingerprint density at radius 3 is 2.86 bits per heavy atom. The highest BCUT2D eigenvalue weighted by atomic mass is 16.5. The maximum absolute atomic E-state index is 8.84. The molecule has 76 valence electrons. The maximum Gasteiger partial charge on any atom is 0.122 e. The Hall–Kier alpha value is -1.28. The maximum atomic E-state index is 8.84. The molecule has 0 spiro atoms. The molecule has 0 aliphatic rings. The van der Waals surface area contributed by atoms with E-state index >= 15 is 0 Å². The lowest BCUT2D eigenvalue weighted by Crippen LogP contribution is -1.96. The first-order valence-electron chi connectivity index (χ1n) is 4.69. The van der Waals surface area contributed by atoms with E-state index in [9.17, 15) is 0 Å². The van der Waals surface area contributed by atoms with Gasteiger partial charge in [0.05, 0.1) is 7.11 Å². The second kappa shape index (κ2) is 5.45. The van der Waals surface area contributed by atoms with Crippen molar-refractivity contribution in [1.82, 2.24) is 0 Å². The van der Waals surface area contributed by atoms with Gasteiger partial charge < -0.3 is 9.84 Å². The molecule has 0 heterocycles. The van der Waals surface area contributed by atoms with Gasteiger partial charge in [-0.3, -0.25) is 0 Å². The molecule has 0 aliphatic heterocycles. The molecule has 0 aromatic heterocycles. The molecule has 0 radical (unpaired) electrons. The largest absolute Gasteiger partial charge is 0.496 e. The summed E-state index contributed by atoms with van der Waals surface area (Å²) in [5.41, 5.74) is 2.22. The van der Waals surface area contributed by atoms with Crippen LogP contribution in [0.1, 0.15) is 11.1 Å². The van der Waals surface area contributed by atoms with Crippen LogP contribution in [0, 0.1) is 0 Å². The van der Waals surface area contributed by atoms with Crippen molar-refractivity contribution in [3.63, 3.8) is 0 Å². The Kier molecular flexibility index (Phi) is 4.20. The average molecular weight is 192 g/mol. The van der Waals surface area contributed by atoms with Gasteiger partial charge in [-0.15, -0.1) is 6.58 Å². The smallest absolute Gasteiger partial charge is 0.122 e. The molecule has 0 saturated heterocycles. The molecule has 1 aromatic rings. The van der Waals surface area contributed by atoms with Crippen molar-refractivity contribution in [1.29, 1.82) is 0 Å². The van der Waals surface area contributed by atoms with E-state index in [1.54, 1.807) is 7.11 Å². The van der Waals surface area contributed by atoms with Gasteiger partial charge in [0.1, 0.15) is 5.75 Å². The standard InChI is InChI=1S/C12H16O2/c1-3-4-10-5-6-11(7-8-13)12(9-10)14-2/h3,5-6,9,13H,1,4,7-8H2,2H3. The van der Waals surface area contributed by atoms with E-state index in [-0.39, 0.29) is 6.61 Å². The molecule has 1 rings (SSSR count). The SMILES string of the molecule is C=CCc1ccc(CCO)c(OC)c1. The van der Waals surface area contributed by atoms with Crippen LogP contribution in [0.4, 0.5) is 0 Å². The van der Waals surface area contributed by atoms with Crippen molar-refractivity contribution in [2.24, 2.45) is 0 Å². The van der Waals surface area contributed by atoms with E-state index in [2.05, 4.69) is 6.58 Å². The van der Waals surface area contributed by atoms with Crippen molar-refractivity contribution in [3.05, 3.63) is 42.0 Å². The van der Waals surface area contributed by atoms with Crippen molar-refractivity contribution < 1.29 is 9.84 Å². The third-order valence-corrected chi connectivity index (χ3v) is 2.11. The van der Waals surface area contributed by atoms with Gasteiger partial charge >= 0.3 is 0 Å². The van der Waals surface area contributed by atoms with E-state index in [1.807, 2.05) is 24.3 Å². The van der Waals surface area contributed by atoms with Gasteiger partial charge in [-0.25, -0.2) is 0 Å². The summed E-state index contributed by atoms with van der Waals surface area (Å²) in [5, 5.41) is 8.84. The molecule has 0 fully saturated rings. The Morgan fingerprint density at radius 2 is 2.29 bits per heavy atom. The number of aliphatic hydroxyl groups is 1. The van der Waals surface area contributed by atoms with Gasteiger partial charge in [0.15, 0.2) is 0 Å². The zero-order chi connectivity index (χ0) is 10.4. The van der Waals surface area contributed by atoms with Crippen LogP contribution in [0.15, 0.2) is 30.9 Å². The fourth-order valence-electron chi connectivity index (χ4n) is 1.41. The van der Waals surface area contributed by atoms with Crippen molar-refractivity contribution in [2.75, 3.05) is 13.7 Å².